The Bertz CT molecular complexity index is 1050. The largest absolute Gasteiger partial charge is 0.437 e. The summed E-state index contributed by atoms with van der Waals surface area (Å²) in [6.45, 7) is 13.0. The van der Waals surface area contributed by atoms with E-state index in [-0.39, 0.29) is 11.0 Å². The second kappa shape index (κ2) is 9.15. The van der Waals surface area contributed by atoms with Gasteiger partial charge in [-0.05, 0) is 80.6 Å². The van der Waals surface area contributed by atoms with Crippen LogP contribution in [-0.2, 0) is 0 Å². The van der Waals surface area contributed by atoms with Gasteiger partial charge in [0.25, 0.3) is 0 Å². The lowest BCUT2D eigenvalue weighted by Gasteiger charge is -2.28. The number of benzene rings is 2. The van der Waals surface area contributed by atoms with Gasteiger partial charge in [-0.15, -0.1) is 5.10 Å². The molecule has 0 fully saturated rings. The minimum absolute atomic E-state index is 0.119. The van der Waals surface area contributed by atoms with Gasteiger partial charge in [0.1, 0.15) is 5.75 Å². The first kappa shape index (κ1) is 22.9. The van der Waals surface area contributed by atoms with E-state index in [1.165, 1.54) is 0 Å². The van der Waals surface area contributed by atoms with Crippen molar-refractivity contribution in [1.29, 1.82) is 0 Å². The van der Waals surface area contributed by atoms with Crippen molar-refractivity contribution < 1.29 is 4.74 Å². The summed E-state index contributed by atoms with van der Waals surface area (Å²) in [6, 6.07) is 15.3. The Labute approximate surface area is 190 Å². The SMILES string of the molecule is Cc1cc(NC=NC(C)(C)CC(C)(C)C)ccc1Oc1ccn(-c2ccc(Cl)cc2)n1. The van der Waals surface area contributed by atoms with Crippen molar-refractivity contribution in [2.24, 2.45) is 10.4 Å². The maximum atomic E-state index is 5.98. The van der Waals surface area contributed by atoms with Crippen molar-refractivity contribution in [3.05, 3.63) is 65.3 Å². The summed E-state index contributed by atoms with van der Waals surface area (Å²) in [5.41, 5.74) is 3.01. The quantitative estimate of drug-likeness (QED) is 0.311. The molecule has 0 saturated heterocycles. The van der Waals surface area contributed by atoms with Crippen LogP contribution in [0.3, 0.4) is 0 Å². The van der Waals surface area contributed by atoms with Gasteiger partial charge in [-0.1, -0.05) is 32.4 Å². The Morgan fingerprint density at radius 3 is 2.42 bits per heavy atom. The lowest BCUT2D eigenvalue weighted by atomic mass is 9.82. The van der Waals surface area contributed by atoms with E-state index in [2.05, 4.69) is 45.0 Å². The molecule has 31 heavy (non-hydrogen) atoms. The van der Waals surface area contributed by atoms with Crippen LogP contribution in [0.1, 0.15) is 46.6 Å². The molecule has 0 unspecified atom stereocenters. The molecule has 0 aliphatic carbocycles. The van der Waals surface area contributed by atoms with Crippen molar-refractivity contribution in [2.45, 2.75) is 53.5 Å². The van der Waals surface area contributed by atoms with E-state index in [4.69, 9.17) is 21.3 Å². The fourth-order valence-electron chi connectivity index (χ4n) is 3.69. The third-order valence-electron chi connectivity index (χ3n) is 4.65. The predicted octanol–water partition coefficient (Wildman–Crippen LogP) is 7.28. The minimum Gasteiger partial charge on any atom is -0.437 e. The molecule has 0 spiro atoms. The van der Waals surface area contributed by atoms with Crippen LogP contribution >= 0.6 is 11.6 Å². The van der Waals surface area contributed by atoms with Crippen LogP contribution < -0.4 is 10.1 Å². The lowest BCUT2D eigenvalue weighted by molar-refractivity contribution is 0.289. The fraction of sp³-hybridized carbons (Fsp3) is 0.360. The van der Waals surface area contributed by atoms with Crippen LogP contribution in [0, 0.1) is 12.3 Å². The summed E-state index contributed by atoms with van der Waals surface area (Å²) in [5, 5.41) is 8.45. The van der Waals surface area contributed by atoms with E-state index >= 15 is 0 Å². The first-order valence-corrected chi connectivity index (χ1v) is 10.8. The van der Waals surface area contributed by atoms with Gasteiger partial charge >= 0.3 is 0 Å². The van der Waals surface area contributed by atoms with Crippen LogP contribution in [0.2, 0.25) is 5.02 Å². The van der Waals surface area contributed by atoms with Crippen molar-refractivity contribution in [3.63, 3.8) is 0 Å². The molecule has 0 amide bonds. The molecule has 0 aliphatic heterocycles. The molecular formula is C25H31ClN4O. The fourth-order valence-corrected chi connectivity index (χ4v) is 3.82. The molecule has 0 saturated carbocycles. The molecule has 164 valence electrons. The molecule has 1 N–H and O–H groups in total. The molecule has 1 heterocycles. The van der Waals surface area contributed by atoms with Gasteiger partial charge in [-0.25, -0.2) is 4.68 Å². The summed E-state index contributed by atoms with van der Waals surface area (Å²) in [6.07, 6.45) is 4.65. The number of hydrogen-bond donors (Lipinski definition) is 1. The second-order valence-electron chi connectivity index (χ2n) is 9.61. The van der Waals surface area contributed by atoms with Gasteiger partial charge in [0, 0.05) is 23.0 Å². The highest BCUT2D eigenvalue weighted by Crippen LogP contribution is 2.30. The first-order valence-electron chi connectivity index (χ1n) is 10.4. The standard InChI is InChI=1S/C25H31ClN4O/c1-18-15-20(27-17-28-25(5,6)16-24(2,3)4)9-12-22(18)31-23-13-14-30(29-23)21-10-7-19(26)8-11-21/h7-15,17H,16H2,1-6H3,(H,27,28). The van der Waals surface area contributed by atoms with Gasteiger partial charge in [-0.2, -0.15) is 0 Å². The summed E-state index contributed by atoms with van der Waals surface area (Å²) >= 11 is 5.95. The average Bonchev–Trinajstić information content (AvgIpc) is 3.11. The van der Waals surface area contributed by atoms with Crippen LogP contribution in [0.15, 0.2) is 59.7 Å². The zero-order valence-corrected chi connectivity index (χ0v) is 19.9. The number of rotatable bonds is 7. The van der Waals surface area contributed by atoms with Crippen LogP contribution in [0.5, 0.6) is 11.6 Å². The maximum Gasteiger partial charge on any atom is 0.238 e. The monoisotopic (exact) mass is 438 g/mol. The second-order valence-corrected chi connectivity index (χ2v) is 10.0. The van der Waals surface area contributed by atoms with Crippen molar-refractivity contribution in [3.8, 4) is 17.3 Å². The Morgan fingerprint density at radius 2 is 1.77 bits per heavy atom. The molecule has 1 aromatic heterocycles. The lowest BCUT2D eigenvalue weighted by Crippen LogP contribution is -2.25. The Balaban J connectivity index is 1.64. The molecule has 0 bridgehead atoms. The highest BCUT2D eigenvalue weighted by Gasteiger charge is 2.24. The Morgan fingerprint density at radius 1 is 1.06 bits per heavy atom. The predicted molar refractivity (Wildman–Crippen MR) is 130 cm³/mol. The third-order valence-corrected chi connectivity index (χ3v) is 4.91. The van der Waals surface area contributed by atoms with Gasteiger partial charge in [-0.3, -0.25) is 4.99 Å². The number of halogens is 1. The summed E-state index contributed by atoms with van der Waals surface area (Å²) < 4.78 is 7.74. The number of anilines is 1. The van der Waals surface area contributed by atoms with E-state index in [0.29, 0.717) is 10.9 Å². The van der Waals surface area contributed by atoms with Gasteiger partial charge in [0.15, 0.2) is 0 Å². The molecule has 5 nitrogen and oxygen atoms in total. The number of ether oxygens (including phenoxy) is 1. The molecule has 6 heteroatoms. The molecule has 0 radical (unpaired) electrons. The number of aliphatic imine (C=N–C) groups is 1. The number of hydrogen-bond acceptors (Lipinski definition) is 3. The topological polar surface area (TPSA) is 51.4 Å². The minimum atomic E-state index is -0.119. The van der Waals surface area contributed by atoms with Crippen molar-refractivity contribution in [2.75, 3.05) is 5.32 Å². The zero-order chi connectivity index (χ0) is 22.6. The van der Waals surface area contributed by atoms with Crippen LogP contribution in [0.4, 0.5) is 5.69 Å². The van der Waals surface area contributed by atoms with Gasteiger partial charge in [0.2, 0.25) is 5.88 Å². The zero-order valence-electron chi connectivity index (χ0n) is 19.1. The molecule has 0 aliphatic rings. The van der Waals surface area contributed by atoms with E-state index < -0.39 is 0 Å². The number of aromatic nitrogens is 2. The van der Waals surface area contributed by atoms with E-state index in [1.807, 2.05) is 61.7 Å². The molecule has 2 aromatic carbocycles. The molecule has 3 rings (SSSR count). The summed E-state index contributed by atoms with van der Waals surface area (Å²) in [7, 11) is 0. The highest BCUT2D eigenvalue weighted by molar-refractivity contribution is 6.30. The van der Waals surface area contributed by atoms with E-state index in [1.54, 1.807) is 11.0 Å². The number of nitrogens with zero attached hydrogens (tertiary/aromatic N) is 3. The normalized spacial score (nSPS) is 12.4. The van der Waals surface area contributed by atoms with Crippen LogP contribution in [0.25, 0.3) is 5.69 Å². The smallest absolute Gasteiger partial charge is 0.238 e. The average molecular weight is 439 g/mol. The van der Waals surface area contributed by atoms with E-state index in [0.717, 1.165) is 29.1 Å². The molecule has 3 aromatic rings. The molecular weight excluding hydrogens is 408 g/mol. The van der Waals surface area contributed by atoms with Crippen LogP contribution in [-0.4, -0.2) is 21.7 Å². The Kier molecular flexibility index (Phi) is 6.75. The Hall–Kier alpha value is -2.79. The summed E-state index contributed by atoms with van der Waals surface area (Å²) in [5.74, 6) is 1.29. The third kappa shape index (κ3) is 6.86. The maximum absolute atomic E-state index is 5.98. The van der Waals surface area contributed by atoms with Crippen molar-refractivity contribution in [1.82, 2.24) is 9.78 Å². The summed E-state index contributed by atoms with van der Waals surface area (Å²) in [4.78, 5) is 4.71. The van der Waals surface area contributed by atoms with E-state index in [9.17, 15) is 0 Å². The van der Waals surface area contributed by atoms with Gasteiger partial charge in [0.05, 0.1) is 17.6 Å². The first-order chi connectivity index (χ1) is 14.5. The molecule has 0 atom stereocenters. The number of nitrogens with one attached hydrogen (secondary N) is 1. The van der Waals surface area contributed by atoms with Gasteiger partial charge < -0.3 is 10.1 Å². The highest BCUT2D eigenvalue weighted by atomic mass is 35.5. The number of aryl methyl sites for hydroxylation is 1. The van der Waals surface area contributed by atoms with Crippen molar-refractivity contribution >= 4 is 23.6 Å².